The van der Waals surface area contributed by atoms with Gasteiger partial charge >= 0.3 is 0 Å². The van der Waals surface area contributed by atoms with Crippen molar-refractivity contribution in [2.45, 2.75) is 45.1 Å². The first-order valence-electron chi connectivity index (χ1n) is 6.37. The highest BCUT2D eigenvalue weighted by Gasteiger charge is 2.29. The molecule has 0 spiro atoms. The largest absolute Gasteiger partial charge is 0.314 e. The summed E-state index contributed by atoms with van der Waals surface area (Å²) in [4.78, 5) is 4.25. The minimum atomic E-state index is 0.734. The lowest BCUT2D eigenvalue weighted by Gasteiger charge is -2.16. The summed E-state index contributed by atoms with van der Waals surface area (Å²) in [6.07, 6.45) is 8.00. The van der Waals surface area contributed by atoms with Crippen LogP contribution < -0.4 is 5.32 Å². The standard InChI is InChI=1S/C12H22N4/c1-3-13-11(10-7-8-10)5-4-6-12-14-9-15-16(12)2/h9-11,13H,3-8H2,1-2H3. The van der Waals surface area contributed by atoms with Gasteiger partial charge in [-0.3, -0.25) is 4.68 Å². The molecule has 1 heterocycles. The van der Waals surface area contributed by atoms with Crippen molar-refractivity contribution < 1.29 is 0 Å². The third-order valence-electron chi connectivity index (χ3n) is 3.38. The van der Waals surface area contributed by atoms with Crippen LogP contribution in [-0.2, 0) is 13.5 Å². The van der Waals surface area contributed by atoms with Gasteiger partial charge in [-0.15, -0.1) is 0 Å². The maximum atomic E-state index is 4.25. The van der Waals surface area contributed by atoms with Crippen molar-refractivity contribution in [3.63, 3.8) is 0 Å². The van der Waals surface area contributed by atoms with Crippen molar-refractivity contribution in [3.05, 3.63) is 12.2 Å². The Bertz CT molecular complexity index is 317. The van der Waals surface area contributed by atoms with Gasteiger partial charge in [-0.05, 0) is 38.1 Å². The quantitative estimate of drug-likeness (QED) is 0.760. The lowest BCUT2D eigenvalue weighted by Crippen LogP contribution is -2.30. The zero-order valence-corrected chi connectivity index (χ0v) is 10.3. The zero-order chi connectivity index (χ0) is 11.4. The highest BCUT2D eigenvalue weighted by atomic mass is 15.3. The normalized spacial score (nSPS) is 17.6. The summed E-state index contributed by atoms with van der Waals surface area (Å²) in [6, 6.07) is 0.734. The molecular weight excluding hydrogens is 200 g/mol. The molecule has 1 aromatic heterocycles. The molecule has 0 aromatic carbocycles. The molecule has 4 heteroatoms. The molecule has 1 atom stereocenters. The minimum absolute atomic E-state index is 0.734. The molecule has 1 N–H and O–H groups in total. The number of hydrogen-bond donors (Lipinski definition) is 1. The molecule has 1 aliphatic carbocycles. The average Bonchev–Trinajstić information content (AvgIpc) is 3.03. The Morgan fingerprint density at radius 2 is 2.38 bits per heavy atom. The summed E-state index contributed by atoms with van der Waals surface area (Å²) in [5.74, 6) is 2.05. The van der Waals surface area contributed by atoms with E-state index in [9.17, 15) is 0 Å². The number of aromatic nitrogens is 3. The Labute approximate surface area is 97.5 Å². The van der Waals surface area contributed by atoms with E-state index in [0.29, 0.717) is 0 Å². The van der Waals surface area contributed by atoms with Gasteiger partial charge in [0.15, 0.2) is 0 Å². The predicted molar refractivity (Wildman–Crippen MR) is 64.1 cm³/mol. The number of nitrogens with zero attached hydrogens (tertiary/aromatic N) is 3. The molecule has 90 valence electrons. The Balaban J connectivity index is 1.71. The molecule has 0 radical (unpaired) electrons. The van der Waals surface area contributed by atoms with E-state index >= 15 is 0 Å². The van der Waals surface area contributed by atoms with Gasteiger partial charge in [0, 0.05) is 19.5 Å². The molecule has 1 unspecified atom stereocenters. The topological polar surface area (TPSA) is 42.7 Å². The van der Waals surface area contributed by atoms with E-state index in [1.807, 2.05) is 11.7 Å². The molecule has 2 rings (SSSR count). The monoisotopic (exact) mass is 222 g/mol. The molecular formula is C12H22N4. The highest BCUT2D eigenvalue weighted by Crippen LogP contribution is 2.34. The summed E-state index contributed by atoms with van der Waals surface area (Å²) in [7, 11) is 1.96. The third kappa shape index (κ3) is 3.04. The van der Waals surface area contributed by atoms with Crippen LogP contribution in [0.4, 0.5) is 0 Å². The summed E-state index contributed by atoms with van der Waals surface area (Å²) in [5.41, 5.74) is 0. The fraction of sp³-hybridized carbons (Fsp3) is 0.833. The number of hydrogen-bond acceptors (Lipinski definition) is 3. The summed E-state index contributed by atoms with van der Waals surface area (Å²) in [6.45, 7) is 3.28. The van der Waals surface area contributed by atoms with Gasteiger partial charge in [0.1, 0.15) is 12.2 Å². The van der Waals surface area contributed by atoms with Gasteiger partial charge in [-0.25, -0.2) is 4.98 Å². The van der Waals surface area contributed by atoms with E-state index in [0.717, 1.165) is 30.7 Å². The van der Waals surface area contributed by atoms with Gasteiger partial charge < -0.3 is 5.32 Å². The van der Waals surface area contributed by atoms with E-state index in [2.05, 4.69) is 22.3 Å². The van der Waals surface area contributed by atoms with Crippen LogP contribution in [0.2, 0.25) is 0 Å². The van der Waals surface area contributed by atoms with Crippen LogP contribution in [0.5, 0.6) is 0 Å². The van der Waals surface area contributed by atoms with Crippen LogP contribution in [0.15, 0.2) is 6.33 Å². The molecule has 1 aliphatic rings. The molecule has 1 saturated carbocycles. The lowest BCUT2D eigenvalue weighted by atomic mass is 10.0. The van der Waals surface area contributed by atoms with Gasteiger partial charge in [0.2, 0.25) is 0 Å². The van der Waals surface area contributed by atoms with Crippen LogP contribution in [0, 0.1) is 5.92 Å². The van der Waals surface area contributed by atoms with Gasteiger partial charge in [0.05, 0.1) is 0 Å². The first kappa shape index (κ1) is 11.6. The lowest BCUT2D eigenvalue weighted by molar-refractivity contribution is 0.431. The van der Waals surface area contributed by atoms with E-state index in [4.69, 9.17) is 0 Å². The molecule has 0 aliphatic heterocycles. The third-order valence-corrected chi connectivity index (χ3v) is 3.38. The summed E-state index contributed by atoms with van der Waals surface area (Å²) >= 11 is 0. The average molecular weight is 222 g/mol. The molecule has 4 nitrogen and oxygen atoms in total. The molecule has 16 heavy (non-hydrogen) atoms. The van der Waals surface area contributed by atoms with Crippen molar-refractivity contribution in [1.29, 1.82) is 0 Å². The first-order valence-corrected chi connectivity index (χ1v) is 6.37. The van der Waals surface area contributed by atoms with E-state index in [-0.39, 0.29) is 0 Å². The van der Waals surface area contributed by atoms with Crippen molar-refractivity contribution in [1.82, 2.24) is 20.1 Å². The smallest absolute Gasteiger partial charge is 0.138 e. The number of rotatable bonds is 7. The van der Waals surface area contributed by atoms with Gasteiger partial charge in [-0.1, -0.05) is 6.92 Å². The zero-order valence-electron chi connectivity index (χ0n) is 10.3. The SMILES string of the molecule is CCNC(CCCc1ncnn1C)C1CC1. The van der Waals surface area contributed by atoms with Crippen LogP contribution >= 0.6 is 0 Å². The van der Waals surface area contributed by atoms with Crippen molar-refractivity contribution >= 4 is 0 Å². The maximum Gasteiger partial charge on any atom is 0.138 e. The summed E-state index contributed by atoms with van der Waals surface area (Å²) in [5, 5.41) is 7.68. The highest BCUT2D eigenvalue weighted by molar-refractivity contribution is 4.88. The summed E-state index contributed by atoms with van der Waals surface area (Å²) < 4.78 is 1.87. The second-order valence-corrected chi connectivity index (χ2v) is 4.69. The van der Waals surface area contributed by atoms with Crippen LogP contribution in [0.25, 0.3) is 0 Å². The fourth-order valence-electron chi connectivity index (χ4n) is 2.29. The van der Waals surface area contributed by atoms with Crippen molar-refractivity contribution in [3.8, 4) is 0 Å². The van der Waals surface area contributed by atoms with Gasteiger partial charge in [-0.2, -0.15) is 5.10 Å². The van der Waals surface area contributed by atoms with Crippen LogP contribution in [0.1, 0.15) is 38.4 Å². The van der Waals surface area contributed by atoms with Crippen LogP contribution in [0.3, 0.4) is 0 Å². The second kappa shape index (κ2) is 5.43. The molecule has 0 saturated heterocycles. The maximum absolute atomic E-state index is 4.25. The van der Waals surface area contributed by atoms with Crippen molar-refractivity contribution in [2.24, 2.45) is 13.0 Å². The second-order valence-electron chi connectivity index (χ2n) is 4.69. The van der Waals surface area contributed by atoms with E-state index in [1.54, 1.807) is 6.33 Å². The van der Waals surface area contributed by atoms with Crippen LogP contribution in [-0.4, -0.2) is 27.4 Å². The molecule has 0 amide bonds. The Morgan fingerprint density at radius 1 is 1.56 bits per heavy atom. The predicted octanol–water partition coefficient (Wildman–Crippen LogP) is 1.53. The fourth-order valence-corrected chi connectivity index (χ4v) is 2.29. The Kier molecular flexibility index (Phi) is 3.93. The van der Waals surface area contributed by atoms with Crippen molar-refractivity contribution in [2.75, 3.05) is 6.54 Å². The number of nitrogens with one attached hydrogen (secondary N) is 1. The Morgan fingerprint density at radius 3 is 2.94 bits per heavy atom. The number of aryl methyl sites for hydroxylation is 2. The minimum Gasteiger partial charge on any atom is -0.314 e. The van der Waals surface area contributed by atoms with E-state index < -0.39 is 0 Å². The van der Waals surface area contributed by atoms with Gasteiger partial charge in [0.25, 0.3) is 0 Å². The van der Waals surface area contributed by atoms with E-state index in [1.165, 1.54) is 25.7 Å². The molecule has 1 aromatic rings. The molecule has 0 bridgehead atoms. The first-order chi connectivity index (χ1) is 7.81. The Hall–Kier alpha value is -0.900. The molecule has 1 fully saturated rings.